The SMILES string of the molecule is CCCCCCCCCCCCCCOc1ccc(/C=C(\C#N)c2ccc(C(=O)Oc3ccc(-c4cccc(OC(=O)c5ccc(OC(=O)c6ccc(OCCCCCCCCCCCCCC)cc6)cc5)c4)cc3)cc2)cc1. The Kier molecular flexibility index (Phi) is 27.6. The van der Waals surface area contributed by atoms with Gasteiger partial charge in [-0.05, 0) is 138 Å². The minimum absolute atomic E-state index is 0.286. The van der Waals surface area contributed by atoms with E-state index >= 15 is 0 Å². The highest BCUT2D eigenvalue weighted by molar-refractivity contribution is 5.94. The molecule has 0 saturated heterocycles. The minimum Gasteiger partial charge on any atom is -0.494 e. The largest absolute Gasteiger partial charge is 0.494 e. The Labute approximate surface area is 471 Å². The summed E-state index contributed by atoms with van der Waals surface area (Å²) in [4.78, 5) is 39.2. The van der Waals surface area contributed by atoms with E-state index in [1.165, 1.54) is 135 Å². The maximum absolute atomic E-state index is 13.2. The van der Waals surface area contributed by atoms with Gasteiger partial charge in [0.05, 0.1) is 41.5 Å². The average Bonchev–Trinajstić information content (AvgIpc) is 3.49. The number of carbonyl (C=O) groups excluding carboxylic acids is 3. The van der Waals surface area contributed by atoms with Gasteiger partial charge in [0.2, 0.25) is 0 Å². The molecule has 9 nitrogen and oxygen atoms in total. The van der Waals surface area contributed by atoms with Crippen LogP contribution in [0.15, 0.2) is 146 Å². The number of allylic oxidation sites excluding steroid dienone is 1. The van der Waals surface area contributed by atoms with E-state index in [1.807, 2.05) is 48.5 Å². The van der Waals surface area contributed by atoms with Crippen LogP contribution in [-0.4, -0.2) is 31.1 Å². The van der Waals surface area contributed by atoms with Gasteiger partial charge in [-0.2, -0.15) is 5.26 Å². The standard InChI is InChI=1S/C70H83NO8/c1-3-5-7-9-11-13-15-17-19-21-23-25-50-75-63-42-30-55(31-43-63)52-62(54-71)57-32-34-58(35-33-57)68(72)77-65-46-36-56(37-47-65)61-28-27-29-67(53-61)79-70(74)60-40-48-66(49-41-60)78-69(73)59-38-44-64(45-39-59)76-51-26-24-22-20-18-16-14-12-10-8-6-4-2/h27-49,52-53H,3-26,50-51H2,1-2H3/b62-52+. The maximum Gasteiger partial charge on any atom is 0.343 e. The van der Waals surface area contributed by atoms with Crippen LogP contribution in [0.4, 0.5) is 0 Å². The molecule has 9 heteroatoms. The number of hydrogen-bond donors (Lipinski definition) is 0. The van der Waals surface area contributed by atoms with Gasteiger partial charge >= 0.3 is 17.9 Å². The Balaban J connectivity index is 0.873. The van der Waals surface area contributed by atoms with Crippen LogP contribution >= 0.6 is 0 Å². The third-order valence-electron chi connectivity index (χ3n) is 14.1. The Morgan fingerprint density at radius 2 is 0.709 bits per heavy atom. The highest BCUT2D eigenvalue weighted by atomic mass is 16.5. The first-order chi connectivity index (χ1) is 38.8. The fourth-order valence-electron chi connectivity index (χ4n) is 9.36. The number of nitriles is 1. The molecule has 6 aromatic rings. The van der Waals surface area contributed by atoms with E-state index in [0.717, 1.165) is 41.7 Å². The molecule has 0 saturated carbocycles. The van der Waals surface area contributed by atoms with Gasteiger partial charge in [0.1, 0.15) is 28.7 Å². The quantitative estimate of drug-likeness (QED) is 0.0123. The summed E-state index contributed by atoms with van der Waals surface area (Å²) in [5.41, 5.74) is 4.66. The Bertz CT molecular complexity index is 2770. The number of unbranched alkanes of at least 4 members (excludes halogenated alkanes) is 22. The van der Waals surface area contributed by atoms with Gasteiger partial charge in [0, 0.05) is 0 Å². The van der Waals surface area contributed by atoms with E-state index in [2.05, 4.69) is 19.9 Å². The third kappa shape index (κ3) is 22.8. The smallest absolute Gasteiger partial charge is 0.343 e. The van der Waals surface area contributed by atoms with E-state index in [9.17, 15) is 19.6 Å². The first kappa shape index (κ1) is 60.8. The molecule has 0 aliphatic heterocycles. The number of nitrogens with zero attached hydrogens (tertiary/aromatic N) is 1. The van der Waals surface area contributed by atoms with Gasteiger partial charge in [-0.25, -0.2) is 14.4 Å². The van der Waals surface area contributed by atoms with E-state index in [0.29, 0.717) is 58.5 Å². The van der Waals surface area contributed by atoms with Crippen LogP contribution in [0.3, 0.4) is 0 Å². The molecule has 0 aliphatic rings. The molecule has 0 radical (unpaired) electrons. The van der Waals surface area contributed by atoms with Gasteiger partial charge < -0.3 is 23.7 Å². The number of rotatable bonds is 37. The van der Waals surface area contributed by atoms with E-state index < -0.39 is 17.9 Å². The molecule has 6 aromatic carbocycles. The second-order valence-electron chi connectivity index (χ2n) is 20.6. The summed E-state index contributed by atoms with van der Waals surface area (Å²) >= 11 is 0. The van der Waals surface area contributed by atoms with Gasteiger partial charge in [-0.15, -0.1) is 0 Å². The molecule has 6 rings (SSSR count). The van der Waals surface area contributed by atoms with E-state index in [4.69, 9.17) is 23.7 Å². The van der Waals surface area contributed by atoms with Crippen LogP contribution in [0.2, 0.25) is 0 Å². The number of ether oxygens (including phenoxy) is 5. The lowest BCUT2D eigenvalue weighted by Crippen LogP contribution is -2.10. The summed E-state index contributed by atoms with van der Waals surface area (Å²) in [6.07, 6.45) is 33.0. The molecule has 0 fully saturated rings. The number of carbonyl (C=O) groups is 3. The molecule has 79 heavy (non-hydrogen) atoms. The van der Waals surface area contributed by atoms with Crippen LogP contribution in [0.1, 0.15) is 210 Å². The molecule has 416 valence electrons. The van der Waals surface area contributed by atoms with E-state index in [-0.39, 0.29) is 5.56 Å². The second kappa shape index (κ2) is 35.9. The molecule has 0 aromatic heterocycles. The molecule has 0 aliphatic carbocycles. The normalized spacial score (nSPS) is 11.2. The lowest BCUT2D eigenvalue weighted by atomic mass is 10.0. The van der Waals surface area contributed by atoms with Gasteiger partial charge in [0.15, 0.2) is 0 Å². The van der Waals surface area contributed by atoms with Crippen LogP contribution in [-0.2, 0) is 0 Å². The van der Waals surface area contributed by atoms with Crippen LogP contribution < -0.4 is 23.7 Å². The van der Waals surface area contributed by atoms with Crippen molar-refractivity contribution in [1.82, 2.24) is 0 Å². The summed E-state index contributed by atoms with van der Waals surface area (Å²) in [5, 5.41) is 10.0. The maximum atomic E-state index is 13.2. The second-order valence-corrected chi connectivity index (χ2v) is 20.6. The highest BCUT2D eigenvalue weighted by Crippen LogP contribution is 2.28. The van der Waals surface area contributed by atoms with E-state index in [1.54, 1.807) is 103 Å². The van der Waals surface area contributed by atoms with Crippen LogP contribution in [0.25, 0.3) is 22.8 Å². The lowest BCUT2D eigenvalue weighted by molar-refractivity contribution is 0.0723. The summed E-state index contributed by atoms with van der Waals surface area (Å²) in [7, 11) is 0. The molecule has 0 spiro atoms. The molecular weight excluding hydrogens is 983 g/mol. The number of esters is 3. The minimum atomic E-state index is -0.570. The van der Waals surface area contributed by atoms with Crippen molar-refractivity contribution < 1.29 is 38.1 Å². The fourth-order valence-corrected chi connectivity index (χ4v) is 9.36. The Morgan fingerprint density at radius 3 is 1.13 bits per heavy atom. The van der Waals surface area contributed by atoms with Crippen molar-refractivity contribution in [2.24, 2.45) is 0 Å². The van der Waals surface area contributed by atoms with Gasteiger partial charge in [-0.3, -0.25) is 0 Å². The first-order valence-corrected chi connectivity index (χ1v) is 29.5. The number of benzene rings is 6. The summed E-state index contributed by atoms with van der Waals surface area (Å²) in [5.74, 6) is 0.913. The van der Waals surface area contributed by atoms with Crippen LogP contribution in [0.5, 0.6) is 28.7 Å². The number of hydrogen-bond acceptors (Lipinski definition) is 9. The van der Waals surface area contributed by atoms with Crippen molar-refractivity contribution in [2.45, 2.75) is 168 Å². The van der Waals surface area contributed by atoms with Crippen molar-refractivity contribution in [3.05, 3.63) is 173 Å². The van der Waals surface area contributed by atoms with Crippen molar-refractivity contribution >= 4 is 29.6 Å². The first-order valence-electron chi connectivity index (χ1n) is 29.5. The topological polar surface area (TPSA) is 121 Å². The Morgan fingerprint density at radius 1 is 0.367 bits per heavy atom. The molecule has 0 N–H and O–H groups in total. The summed E-state index contributed by atoms with van der Waals surface area (Å²) in [6.45, 7) is 5.87. The van der Waals surface area contributed by atoms with Crippen molar-refractivity contribution in [3.63, 3.8) is 0 Å². The highest BCUT2D eigenvalue weighted by Gasteiger charge is 2.15. The molecule has 0 heterocycles. The van der Waals surface area contributed by atoms with Crippen LogP contribution in [0, 0.1) is 11.3 Å². The zero-order valence-corrected chi connectivity index (χ0v) is 47.0. The zero-order valence-electron chi connectivity index (χ0n) is 47.0. The Hall–Kier alpha value is -7.44. The van der Waals surface area contributed by atoms with Crippen molar-refractivity contribution in [1.29, 1.82) is 5.26 Å². The summed E-state index contributed by atoms with van der Waals surface area (Å²) < 4.78 is 28.9. The monoisotopic (exact) mass is 1070 g/mol. The molecule has 0 amide bonds. The van der Waals surface area contributed by atoms with Gasteiger partial charge in [0.25, 0.3) is 0 Å². The predicted molar refractivity (Wildman–Crippen MR) is 319 cm³/mol. The van der Waals surface area contributed by atoms with Crippen molar-refractivity contribution in [3.8, 4) is 45.9 Å². The fraction of sp³-hybridized carbons (Fsp3) is 0.400. The third-order valence-corrected chi connectivity index (χ3v) is 14.1. The van der Waals surface area contributed by atoms with Crippen molar-refractivity contribution in [2.75, 3.05) is 13.2 Å². The molecular formula is C70H83NO8. The summed E-state index contributed by atoms with van der Waals surface area (Å²) in [6, 6.07) is 44.1. The predicted octanol–water partition coefficient (Wildman–Crippen LogP) is 19.2. The average molecular weight is 1070 g/mol. The molecule has 0 bridgehead atoms. The lowest BCUT2D eigenvalue weighted by Gasteiger charge is -2.09. The molecule has 0 atom stereocenters. The molecule has 0 unspecified atom stereocenters. The zero-order chi connectivity index (χ0) is 55.5. The van der Waals surface area contributed by atoms with Gasteiger partial charge in [-0.1, -0.05) is 204 Å².